The highest BCUT2D eigenvalue weighted by Gasteiger charge is 2.09. The third-order valence-electron chi connectivity index (χ3n) is 2.99. The summed E-state index contributed by atoms with van der Waals surface area (Å²) in [5.41, 5.74) is 4.18. The Kier molecular flexibility index (Phi) is 2.41. The first kappa shape index (κ1) is 10.1. The Balaban J connectivity index is 2.23. The van der Waals surface area contributed by atoms with Gasteiger partial charge in [-0.25, -0.2) is 0 Å². The highest BCUT2D eigenvalue weighted by molar-refractivity contribution is 5.91. The number of hydrogen-bond donors (Lipinski definition) is 0. The number of benzene rings is 2. The third-order valence-corrected chi connectivity index (χ3v) is 2.99. The molecular weight excluding hydrogens is 210 g/mol. The predicted octanol–water partition coefficient (Wildman–Crippen LogP) is 4.06. The molecule has 0 spiro atoms. The van der Waals surface area contributed by atoms with Crippen molar-refractivity contribution < 1.29 is 4.52 Å². The van der Waals surface area contributed by atoms with Crippen molar-refractivity contribution in [3.05, 3.63) is 54.1 Å². The van der Waals surface area contributed by atoms with Gasteiger partial charge in [-0.1, -0.05) is 48.5 Å². The maximum atomic E-state index is 5.35. The summed E-state index contributed by atoms with van der Waals surface area (Å²) >= 11 is 0. The molecule has 0 aliphatic rings. The zero-order valence-electron chi connectivity index (χ0n) is 9.68. The van der Waals surface area contributed by atoms with Crippen molar-refractivity contribution in [1.82, 2.24) is 5.16 Å². The largest absolute Gasteiger partial charge is 0.356 e. The van der Waals surface area contributed by atoms with Gasteiger partial charge < -0.3 is 4.52 Å². The van der Waals surface area contributed by atoms with Crippen LogP contribution in [0, 0.1) is 0 Å². The van der Waals surface area contributed by atoms with Gasteiger partial charge in [0.15, 0.2) is 5.58 Å². The van der Waals surface area contributed by atoms with Gasteiger partial charge in [-0.2, -0.15) is 0 Å². The number of aryl methyl sites for hydroxylation is 1. The second-order valence-electron chi connectivity index (χ2n) is 4.08. The molecule has 2 aromatic carbocycles. The molecule has 0 aliphatic heterocycles. The summed E-state index contributed by atoms with van der Waals surface area (Å²) < 4.78 is 5.35. The Bertz CT molecular complexity index is 640. The van der Waals surface area contributed by atoms with Crippen LogP contribution in [0.15, 0.2) is 53.1 Å². The van der Waals surface area contributed by atoms with Gasteiger partial charge in [0.1, 0.15) is 5.69 Å². The van der Waals surface area contributed by atoms with Crippen LogP contribution in [0.5, 0.6) is 0 Å². The standard InChI is InChI=1S/C15H13NO/c1-2-11-8-9-14-13(10-11)15(16-17-14)12-6-4-3-5-7-12/h3-10H,2H2,1H3. The van der Waals surface area contributed by atoms with Gasteiger partial charge in [-0.05, 0) is 24.1 Å². The summed E-state index contributed by atoms with van der Waals surface area (Å²) in [6.07, 6.45) is 1.02. The van der Waals surface area contributed by atoms with E-state index >= 15 is 0 Å². The van der Waals surface area contributed by atoms with Crippen molar-refractivity contribution in [3.8, 4) is 11.3 Å². The summed E-state index contributed by atoms with van der Waals surface area (Å²) in [4.78, 5) is 0. The van der Waals surface area contributed by atoms with E-state index in [1.54, 1.807) is 0 Å². The molecule has 0 unspecified atom stereocenters. The number of rotatable bonds is 2. The van der Waals surface area contributed by atoms with Crippen LogP contribution in [-0.4, -0.2) is 5.16 Å². The predicted molar refractivity (Wildman–Crippen MR) is 68.8 cm³/mol. The Morgan fingerprint density at radius 2 is 1.88 bits per heavy atom. The molecule has 0 atom stereocenters. The maximum absolute atomic E-state index is 5.35. The van der Waals surface area contributed by atoms with Crippen molar-refractivity contribution in [2.75, 3.05) is 0 Å². The molecular formula is C15H13NO. The first-order chi connectivity index (χ1) is 8.38. The van der Waals surface area contributed by atoms with Crippen molar-refractivity contribution in [2.24, 2.45) is 0 Å². The van der Waals surface area contributed by atoms with E-state index in [-0.39, 0.29) is 0 Å². The summed E-state index contributed by atoms with van der Waals surface area (Å²) in [7, 11) is 0. The molecule has 0 aliphatic carbocycles. The van der Waals surface area contributed by atoms with Gasteiger partial charge in [0.2, 0.25) is 0 Å². The SMILES string of the molecule is CCc1ccc2onc(-c3ccccc3)c2c1. The fourth-order valence-electron chi connectivity index (χ4n) is 2.01. The van der Waals surface area contributed by atoms with E-state index in [1.165, 1.54) is 5.56 Å². The molecule has 0 saturated carbocycles. The monoisotopic (exact) mass is 223 g/mol. The summed E-state index contributed by atoms with van der Waals surface area (Å²) in [6, 6.07) is 16.4. The van der Waals surface area contributed by atoms with Gasteiger partial charge in [0, 0.05) is 10.9 Å². The van der Waals surface area contributed by atoms with E-state index in [4.69, 9.17) is 4.52 Å². The van der Waals surface area contributed by atoms with Crippen LogP contribution < -0.4 is 0 Å². The second kappa shape index (κ2) is 4.06. The van der Waals surface area contributed by atoms with Crippen molar-refractivity contribution in [2.45, 2.75) is 13.3 Å². The Hall–Kier alpha value is -2.09. The summed E-state index contributed by atoms with van der Waals surface area (Å²) in [5.74, 6) is 0. The molecule has 84 valence electrons. The highest BCUT2D eigenvalue weighted by Crippen LogP contribution is 2.28. The Labute approximate surface area is 99.9 Å². The molecule has 1 aromatic heterocycles. The minimum Gasteiger partial charge on any atom is -0.356 e. The van der Waals surface area contributed by atoms with Crippen molar-refractivity contribution >= 4 is 11.0 Å². The van der Waals surface area contributed by atoms with Crippen LogP contribution in [0.4, 0.5) is 0 Å². The number of nitrogens with zero attached hydrogens (tertiary/aromatic N) is 1. The van der Waals surface area contributed by atoms with Gasteiger partial charge >= 0.3 is 0 Å². The molecule has 0 bridgehead atoms. The van der Waals surface area contributed by atoms with E-state index in [1.807, 2.05) is 24.3 Å². The smallest absolute Gasteiger partial charge is 0.167 e. The molecule has 0 saturated heterocycles. The third kappa shape index (κ3) is 1.72. The first-order valence-corrected chi connectivity index (χ1v) is 5.82. The van der Waals surface area contributed by atoms with E-state index in [0.717, 1.165) is 28.6 Å². The zero-order valence-corrected chi connectivity index (χ0v) is 9.68. The van der Waals surface area contributed by atoms with Crippen molar-refractivity contribution in [1.29, 1.82) is 0 Å². The lowest BCUT2D eigenvalue weighted by atomic mass is 10.1. The molecule has 0 fully saturated rings. The summed E-state index contributed by atoms with van der Waals surface area (Å²) in [5, 5.41) is 5.26. The highest BCUT2D eigenvalue weighted by atomic mass is 16.5. The molecule has 3 rings (SSSR count). The van der Waals surface area contributed by atoms with Crippen LogP contribution in [0.25, 0.3) is 22.2 Å². The Morgan fingerprint density at radius 3 is 2.65 bits per heavy atom. The fourth-order valence-corrected chi connectivity index (χ4v) is 2.01. The zero-order chi connectivity index (χ0) is 11.7. The van der Waals surface area contributed by atoms with Crippen LogP contribution in [0.2, 0.25) is 0 Å². The van der Waals surface area contributed by atoms with E-state index < -0.39 is 0 Å². The van der Waals surface area contributed by atoms with E-state index in [2.05, 4.69) is 36.3 Å². The van der Waals surface area contributed by atoms with Crippen LogP contribution in [0.3, 0.4) is 0 Å². The molecule has 3 aromatic rings. The lowest BCUT2D eigenvalue weighted by Gasteiger charge is -1.98. The maximum Gasteiger partial charge on any atom is 0.167 e. The van der Waals surface area contributed by atoms with E-state index in [0.29, 0.717) is 0 Å². The fraction of sp³-hybridized carbons (Fsp3) is 0.133. The summed E-state index contributed by atoms with van der Waals surface area (Å²) in [6.45, 7) is 2.15. The van der Waals surface area contributed by atoms with E-state index in [9.17, 15) is 0 Å². The molecule has 2 heteroatoms. The van der Waals surface area contributed by atoms with Gasteiger partial charge in [0.05, 0.1) is 0 Å². The second-order valence-corrected chi connectivity index (χ2v) is 4.08. The first-order valence-electron chi connectivity index (χ1n) is 5.82. The molecule has 1 heterocycles. The number of aromatic nitrogens is 1. The lowest BCUT2D eigenvalue weighted by molar-refractivity contribution is 0.459. The quantitative estimate of drug-likeness (QED) is 0.654. The minimum absolute atomic E-state index is 0.848. The van der Waals surface area contributed by atoms with Crippen LogP contribution in [-0.2, 0) is 6.42 Å². The average molecular weight is 223 g/mol. The minimum atomic E-state index is 0.848. The lowest BCUT2D eigenvalue weighted by Crippen LogP contribution is -1.80. The molecule has 17 heavy (non-hydrogen) atoms. The van der Waals surface area contributed by atoms with Crippen LogP contribution in [0.1, 0.15) is 12.5 Å². The molecule has 2 nitrogen and oxygen atoms in total. The Morgan fingerprint density at radius 1 is 1.06 bits per heavy atom. The molecule has 0 amide bonds. The number of hydrogen-bond acceptors (Lipinski definition) is 2. The molecule has 0 N–H and O–H groups in total. The van der Waals surface area contributed by atoms with Crippen molar-refractivity contribution in [3.63, 3.8) is 0 Å². The molecule has 0 radical (unpaired) electrons. The van der Waals surface area contributed by atoms with Gasteiger partial charge in [-0.3, -0.25) is 0 Å². The normalized spacial score (nSPS) is 10.9. The van der Waals surface area contributed by atoms with Crippen LogP contribution >= 0.6 is 0 Å². The number of fused-ring (bicyclic) bond motifs is 1. The topological polar surface area (TPSA) is 26.0 Å². The average Bonchev–Trinajstić information content (AvgIpc) is 2.82. The van der Waals surface area contributed by atoms with Gasteiger partial charge in [-0.15, -0.1) is 0 Å². The van der Waals surface area contributed by atoms with Gasteiger partial charge in [0.25, 0.3) is 0 Å².